The van der Waals surface area contributed by atoms with Gasteiger partial charge in [-0.1, -0.05) is 54.2 Å². The highest BCUT2D eigenvalue weighted by atomic mass is 79.9. The van der Waals surface area contributed by atoms with Gasteiger partial charge in [-0.05, 0) is 67.6 Å². The molecule has 118 valence electrons. The molecule has 0 heterocycles. The molecule has 1 saturated carbocycles. The molecule has 0 saturated heterocycles. The number of benzene rings is 1. The van der Waals surface area contributed by atoms with Crippen molar-refractivity contribution in [1.29, 1.82) is 0 Å². The third-order valence-corrected chi connectivity index (χ3v) is 5.47. The maximum atomic E-state index is 14.1. The van der Waals surface area contributed by atoms with Crippen molar-refractivity contribution in [3.63, 3.8) is 0 Å². The molecule has 0 unspecified atom stereocenters. The highest BCUT2D eigenvalue weighted by molar-refractivity contribution is 9.09. The van der Waals surface area contributed by atoms with Crippen LogP contribution in [0.2, 0.25) is 0 Å². The maximum absolute atomic E-state index is 14.1. The van der Waals surface area contributed by atoms with Crippen molar-refractivity contribution < 1.29 is 4.39 Å². The quantitative estimate of drug-likeness (QED) is 0.381. The zero-order chi connectivity index (χ0) is 15.1. The lowest BCUT2D eigenvalue weighted by molar-refractivity contribution is 0.304. The first-order chi connectivity index (χ1) is 10.2. The minimum atomic E-state index is 0.00814. The van der Waals surface area contributed by atoms with Gasteiger partial charge in [-0.25, -0.2) is 4.39 Å². The Bertz CT molecular complexity index is 422. The molecule has 0 nitrogen and oxygen atoms in total. The standard InChI is InChI=1S/C19H28BrF/c1-2-5-17-11-12-18(14-19(17)21)16-9-7-15(8-10-16)6-3-4-13-20/h11-12,14-16H,2-10,13H2,1H3/t15-,16-. The van der Waals surface area contributed by atoms with Gasteiger partial charge in [-0.3, -0.25) is 0 Å². The van der Waals surface area contributed by atoms with E-state index in [-0.39, 0.29) is 5.82 Å². The summed E-state index contributed by atoms with van der Waals surface area (Å²) in [5.41, 5.74) is 2.11. The third-order valence-electron chi connectivity index (χ3n) is 4.91. The van der Waals surface area contributed by atoms with Gasteiger partial charge < -0.3 is 0 Å². The molecule has 1 aromatic carbocycles. The molecule has 2 heteroatoms. The van der Waals surface area contributed by atoms with E-state index in [0.717, 1.165) is 29.7 Å². The fraction of sp³-hybridized carbons (Fsp3) is 0.684. The van der Waals surface area contributed by atoms with Crippen molar-refractivity contribution in [2.45, 2.75) is 70.6 Å². The molecule has 21 heavy (non-hydrogen) atoms. The summed E-state index contributed by atoms with van der Waals surface area (Å²) < 4.78 is 14.1. The average Bonchev–Trinajstić information content (AvgIpc) is 2.50. The van der Waals surface area contributed by atoms with E-state index in [0.29, 0.717) is 5.92 Å². The summed E-state index contributed by atoms with van der Waals surface area (Å²) in [5.74, 6) is 1.50. The first-order valence-corrected chi connectivity index (χ1v) is 9.71. The number of unbranched alkanes of at least 4 members (excludes halogenated alkanes) is 1. The van der Waals surface area contributed by atoms with Crippen LogP contribution in [0.3, 0.4) is 0 Å². The Balaban J connectivity index is 1.85. The van der Waals surface area contributed by atoms with Crippen LogP contribution < -0.4 is 0 Å². The molecule has 1 aliphatic rings. The van der Waals surface area contributed by atoms with Gasteiger partial charge in [0.05, 0.1) is 0 Å². The van der Waals surface area contributed by atoms with Crippen LogP contribution in [-0.4, -0.2) is 5.33 Å². The SMILES string of the molecule is CCCc1ccc([C@H]2CC[C@H](CCCCBr)CC2)cc1F. The van der Waals surface area contributed by atoms with Crippen molar-refractivity contribution in [3.8, 4) is 0 Å². The Morgan fingerprint density at radius 2 is 1.90 bits per heavy atom. The van der Waals surface area contributed by atoms with Crippen LogP contribution >= 0.6 is 15.9 Å². The minimum Gasteiger partial charge on any atom is -0.207 e. The zero-order valence-electron chi connectivity index (χ0n) is 13.2. The van der Waals surface area contributed by atoms with E-state index >= 15 is 0 Å². The highest BCUT2D eigenvalue weighted by Crippen LogP contribution is 2.38. The van der Waals surface area contributed by atoms with Gasteiger partial charge in [-0.15, -0.1) is 0 Å². The molecule has 0 bridgehead atoms. The summed E-state index contributed by atoms with van der Waals surface area (Å²) in [6.07, 6.45) is 11.0. The van der Waals surface area contributed by atoms with E-state index in [1.165, 1.54) is 50.5 Å². The molecule has 0 aliphatic heterocycles. The van der Waals surface area contributed by atoms with E-state index in [9.17, 15) is 4.39 Å². The molecule has 0 N–H and O–H groups in total. The lowest BCUT2D eigenvalue weighted by Crippen LogP contribution is -2.13. The van der Waals surface area contributed by atoms with E-state index in [1.807, 2.05) is 6.07 Å². The maximum Gasteiger partial charge on any atom is 0.126 e. The second-order valence-corrected chi connectivity index (χ2v) is 7.30. The van der Waals surface area contributed by atoms with Crippen molar-refractivity contribution in [3.05, 3.63) is 35.1 Å². The monoisotopic (exact) mass is 354 g/mol. The van der Waals surface area contributed by atoms with E-state index in [1.54, 1.807) is 6.07 Å². The molecule has 0 atom stereocenters. The molecular formula is C19H28BrF. The smallest absolute Gasteiger partial charge is 0.126 e. The van der Waals surface area contributed by atoms with E-state index in [4.69, 9.17) is 0 Å². The summed E-state index contributed by atoms with van der Waals surface area (Å²) in [6, 6.07) is 5.99. The van der Waals surface area contributed by atoms with Gasteiger partial charge >= 0.3 is 0 Å². The molecule has 0 radical (unpaired) electrons. The normalized spacial score (nSPS) is 22.4. The molecule has 1 aromatic rings. The van der Waals surface area contributed by atoms with Crippen LogP contribution in [0.4, 0.5) is 4.39 Å². The molecule has 1 aliphatic carbocycles. The number of aryl methyl sites for hydroxylation is 1. The molecule has 0 spiro atoms. The predicted octanol–water partition coefficient (Wildman–Crippen LogP) is 6.62. The second-order valence-electron chi connectivity index (χ2n) is 6.50. The van der Waals surface area contributed by atoms with Gasteiger partial charge in [0.1, 0.15) is 5.82 Å². The fourth-order valence-corrected chi connectivity index (χ4v) is 4.00. The van der Waals surface area contributed by atoms with Crippen LogP contribution in [-0.2, 0) is 6.42 Å². The summed E-state index contributed by atoms with van der Waals surface area (Å²) >= 11 is 3.50. The summed E-state index contributed by atoms with van der Waals surface area (Å²) in [4.78, 5) is 0. The summed E-state index contributed by atoms with van der Waals surface area (Å²) in [5, 5.41) is 1.13. The van der Waals surface area contributed by atoms with Crippen molar-refractivity contribution >= 4 is 15.9 Å². The van der Waals surface area contributed by atoms with Crippen molar-refractivity contribution in [1.82, 2.24) is 0 Å². The Morgan fingerprint density at radius 3 is 2.52 bits per heavy atom. The summed E-state index contributed by atoms with van der Waals surface area (Å²) in [7, 11) is 0. The number of halogens is 2. The Hall–Kier alpha value is -0.370. The predicted molar refractivity (Wildman–Crippen MR) is 92.7 cm³/mol. The highest BCUT2D eigenvalue weighted by Gasteiger charge is 2.22. The zero-order valence-corrected chi connectivity index (χ0v) is 14.8. The topological polar surface area (TPSA) is 0 Å². The number of hydrogen-bond donors (Lipinski definition) is 0. The van der Waals surface area contributed by atoms with Crippen LogP contribution in [0.15, 0.2) is 18.2 Å². The molecule has 2 rings (SSSR count). The average molecular weight is 355 g/mol. The lowest BCUT2D eigenvalue weighted by atomic mass is 9.77. The molecule has 1 fully saturated rings. The van der Waals surface area contributed by atoms with Gasteiger partial charge in [0.15, 0.2) is 0 Å². The van der Waals surface area contributed by atoms with Crippen LogP contribution in [0.25, 0.3) is 0 Å². The molecule has 0 amide bonds. The number of hydrogen-bond acceptors (Lipinski definition) is 0. The molecular weight excluding hydrogens is 327 g/mol. The van der Waals surface area contributed by atoms with Crippen molar-refractivity contribution in [2.24, 2.45) is 5.92 Å². The van der Waals surface area contributed by atoms with Crippen LogP contribution in [0.1, 0.15) is 75.3 Å². The van der Waals surface area contributed by atoms with Crippen LogP contribution in [0, 0.1) is 11.7 Å². The number of rotatable bonds is 7. The molecule has 0 aromatic heterocycles. The van der Waals surface area contributed by atoms with Crippen molar-refractivity contribution in [2.75, 3.05) is 5.33 Å². The Morgan fingerprint density at radius 1 is 1.14 bits per heavy atom. The second kappa shape index (κ2) is 8.92. The minimum absolute atomic E-state index is 0.00814. The Labute approximate surface area is 137 Å². The van der Waals surface area contributed by atoms with E-state index in [2.05, 4.69) is 28.9 Å². The largest absolute Gasteiger partial charge is 0.207 e. The number of alkyl halides is 1. The third kappa shape index (κ3) is 5.09. The first kappa shape index (κ1) is 17.0. The lowest BCUT2D eigenvalue weighted by Gasteiger charge is -2.29. The Kier molecular flexibility index (Phi) is 7.22. The van der Waals surface area contributed by atoms with Gasteiger partial charge in [0.2, 0.25) is 0 Å². The first-order valence-electron chi connectivity index (χ1n) is 8.58. The summed E-state index contributed by atoms with van der Waals surface area (Å²) in [6.45, 7) is 2.10. The van der Waals surface area contributed by atoms with Gasteiger partial charge in [0, 0.05) is 5.33 Å². The van der Waals surface area contributed by atoms with Crippen LogP contribution in [0.5, 0.6) is 0 Å². The van der Waals surface area contributed by atoms with Gasteiger partial charge in [0.25, 0.3) is 0 Å². The van der Waals surface area contributed by atoms with E-state index < -0.39 is 0 Å². The van der Waals surface area contributed by atoms with Gasteiger partial charge in [-0.2, -0.15) is 0 Å². The fourth-order valence-electron chi connectivity index (χ4n) is 3.60.